The molecule has 0 unspecified atom stereocenters. The molecule has 1 fully saturated rings. The van der Waals surface area contributed by atoms with Crippen molar-refractivity contribution in [1.82, 2.24) is 14.7 Å². The molecule has 5 rings (SSSR count). The number of hydrogen-bond acceptors (Lipinski definition) is 3. The van der Waals surface area contributed by atoms with Crippen molar-refractivity contribution in [3.05, 3.63) is 71.9 Å². The number of halogens is 1. The number of carbonyl (C=O) groups is 1. The molecule has 3 aromatic heterocycles. The number of fused-ring (bicyclic) bond motifs is 1. The molecule has 0 spiro atoms. The fourth-order valence-electron chi connectivity index (χ4n) is 3.26. The minimum absolute atomic E-state index is 0.0801. The third kappa shape index (κ3) is 3.00. The smallest absolute Gasteiger partial charge is 0.253 e. The Morgan fingerprint density at radius 3 is 2.81 bits per heavy atom. The van der Waals surface area contributed by atoms with Crippen molar-refractivity contribution in [3.8, 4) is 22.5 Å². The lowest BCUT2D eigenvalue weighted by Gasteiger charge is -2.07. The molecule has 1 aliphatic rings. The summed E-state index contributed by atoms with van der Waals surface area (Å²) in [5.41, 5.74) is 4.87. The SMILES string of the molecule is O=C(NC1CC1)c1cc2ccc(-c3cccc(Cl)c3)cn2c1-c1cocn1. The highest BCUT2D eigenvalue weighted by atomic mass is 35.5. The number of benzene rings is 1. The van der Waals surface area contributed by atoms with E-state index in [1.807, 2.05) is 53.1 Å². The van der Waals surface area contributed by atoms with Crippen LogP contribution in [-0.2, 0) is 0 Å². The first-order chi connectivity index (χ1) is 13.2. The van der Waals surface area contributed by atoms with Gasteiger partial charge in [0.15, 0.2) is 6.39 Å². The number of aromatic nitrogens is 2. The highest BCUT2D eigenvalue weighted by molar-refractivity contribution is 6.30. The monoisotopic (exact) mass is 377 g/mol. The third-order valence-electron chi connectivity index (χ3n) is 4.76. The van der Waals surface area contributed by atoms with Crippen LogP contribution in [0.25, 0.3) is 28.0 Å². The van der Waals surface area contributed by atoms with E-state index in [2.05, 4.69) is 10.3 Å². The van der Waals surface area contributed by atoms with Crippen molar-refractivity contribution in [2.45, 2.75) is 18.9 Å². The van der Waals surface area contributed by atoms with Crippen molar-refractivity contribution < 1.29 is 9.21 Å². The Bertz CT molecular complexity index is 1140. The lowest BCUT2D eigenvalue weighted by molar-refractivity contribution is 0.0952. The molecule has 6 heteroatoms. The maximum Gasteiger partial charge on any atom is 0.253 e. The number of amides is 1. The van der Waals surface area contributed by atoms with Crippen LogP contribution >= 0.6 is 11.6 Å². The summed E-state index contributed by atoms with van der Waals surface area (Å²) in [6.07, 6.45) is 7.01. The van der Waals surface area contributed by atoms with Gasteiger partial charge in [0.1, 0.15) is 12.0 Å². The Hall–Kier alpha value is -3.05. The fraction of sp³-hybridized carbons (Fsp3) is 0.143. The minimum Gasteiger partial charge on any atom is -0.451 e. The normalized spacial score (nSPS) is 13.8. The van der Waals surface area contributed by atoms with Gasteiger partial charge in [0.05, 0.1) is 11.3 Å². The predicted molar refractivity (Wildman–Crippen MR) is 104 cm³/mol. The number of nitrogens with zero attached hydrogens (tertiary/aromatic N) is 2. The Morgan fingerprint density at radius 2 is 2.07 bits per heavy atom. The Labute approximate surface area is 160 Å². The molecule has 0 aliphatic heterocycles. The topological polar surface area (TPSA) is 59.5 Å². The standard InChI is InChI=1S/C21H16ClN3O2/c22-15-3-1-2-13(8-15)14-4-7-17-9-18(21(26)24-16-5-6-16)20(25(17)10-14)19-11-27-12-23-19/h1-4,7-12,16H,5-6H2,(H,24,26). The Morgan fingerprint density at radius 1 is 1.19 bits per heavy atom. The van der Waals surface area contributed by atoms with Crippen LogP contribution in [0.4, 0.5) is 0 Å². The second kappa shape index (κ2) is 6.28. The van der Waals surface area contributed by atoms with E-state index >= 15 is 0 Å². The van der Waals surface area contributed by atoms with Gasteiger partial charge in [0, 0.05) is 22.8 Å². The molecular weight excluding hydrogens is 362 g/mol. The Balaban J connectivity index is 1.69. The van der Waals surface area contributed by atoms with E-state index < -0.39 is 0 Å². The van der Waals surface area contributed by atoms with Crippen molar-refractivity contribution in [3.63, 3.8) is 0 Å². The van der Waals surface area contributed by atoms with Crippen LogP contribution in [0.1, 0.15) is 23.2 Å². The average Bonchev–Trinajstić information content (AvgIpc) is 3.18. The van der Waals surface area contributed by atoms with E-state index in [-0.39, 0.29) is 11.9 Å². The molecule has 1 saturated carbocycles. The second-order valence-electron chi connectivity index (χ2n) is 6.75. The number of oxazole rings is 1. The van der Waals surface area contributed by atoms with Crippen LogP contribution in [0.2, 0.25) is 5.02 Å². The molecule has 4 aromatic rings. The van der Waals surface area contributed by atoms with Gasteiger partial charge < -0.3 is 14.1 Å². The van der Waals surface area contributed by atoms with E-state index in [4.69, 9.17) is 16.0 Å². The summed E-state index contributed by atoms with van der Waals surface area (Å²) in [6, 6.07) is 13.9. The van der Waals surface area contributed by atoms with E-state index in [1.165, 1.54) is 6.39 Å². The molecule has 134 valence electrons. The first-order valence-corrected chi connectivity index (χ1v) is 9.17. The zero-order valence-corrected chi connectivity index (χ0v) is 15.1. The minimum atomic E-state index is -0.0801. The van der Waals surface area contributed by atoms with Crippen LogP contribution < -0.4 is 5.32 Å². The molecule has 27 heavy (non-hydrogen) atoms. The molecule has 1 N–H and O–H groups in total. The fourth-order valence-corrected chi connectivity index (χ4v) is 3.45. The number of hydrogen-bond donors (Lipinski definition) is 1. The molecule has 1 amide bonds. The van der Waals surface area contributed by atoms with Gasteiger partial charge in [-0.2, -0.15) is 0 Å². The van der Waals surface area contributed by atoms with Crippen molar-refractivity contribution >= 4 is 23.0 Å². The van der Waals surface area contributed by atoms with Crippen LogP contribution in [0.5, 0.6) is 0 Å². The average molecular weight is 378 g/mol. The molecule has 0 bridgehead atoms. The molecule has 0 saturated heterocycles. The number of rotatable bonds is 4. The van der Waals surface area contributed by atoms with Crippen molar-refractivity contribution in [2.24, 2.45) is 0 Å². The van der Waals surface area contributed by atoms with Gasteiger partial charge in [-0.3, -0.25) is 4.79 Å². The highest BCUT2D eigenvalue weighted by Crippen LogP contribution is 2.31. The first-order valence-electron chi connectivity index (χ1n) is 8.79. The maximum atomic E-state index is 12.8. The summed E-state index contributed by atoms with van der Waals surface area (Å²) < 4.78 is 7.15. The summed E-state index contributed by atoms with van der Waals surface area (Å²) >= 11 is 6.14. The number of carbonyl (C=O) groups excluding carboxylic acids is 1. The van der Waals surface area contributed by atoms with E-state index in [0.29, 0.717) is 16.3 Å². The molecule has 1 aliphatic carbocycles. The van der Waals surface area contributed by atoms with Crippen LogP contribution in [0.15, 0.2) is 65.7 Å². The molecule has 0 atom stereocenters. The van der Waals surface area contributed by atoms with Gasteiger partial charge in [0.25, 0.3) is 5.91 Å². The van der Waals surface area contributed by atoms with Gasteiger partial charge in [-0.1, -0.05) is 29.8 Å². The van der Waals surface area contributed by atoms with E-state index in [0.717, 1.165) is 35.2 Å². The van der Waals surface area contributed by atoms with Gasteiger partial charge in [-0.15, -0.1) is 0 Å². The van der Waals surface area contributed by atoms with Crippen LogP contribution in [-0.4, -0.2) is 21.3 Å². The highest BCUT2D eigenvalue weighted by Gasteiger charge is 2.27. The quantitative estimate of drug-likeness (QED) is 0.555. The summed E-state index contributed by atoms with van der Waals surface area (Å²) in [4.78, 5) is 17.1. The van der Waals surface area contributed by atoms with Crippen molar-refractivity contribution in [2.75, 3.05) is 0 Å². The summed E-state index contributed by atoms with van der Waals surface area (Å²) in [5.74, 6) is -0.0801. The molecule has 5 nitrogen and oxygen atoms in total. The van der Waals surface area contributed by atoms with Crippen LogP contribution in [0, 0.1) is 0 Å². The van der Waals surface area contributed by atoms with E-state index in [1.54, 1.807) is 6.26 Å². The van der Waals surface area contributed by atoms with Gasteiger partial charge in [-0.05, 0) is 48.2 Å². The Kier molecular flexibility index (Phi) is 3.76. The molecule has 3 heterocycles. The number of nitrogens with one attached hydrogen (secondary N) is 1. The molecule has 1 aromatic carbocycles. The molecule has 0 radical (unpaired) electrons. The number of pyridine rings is 1. The van der Waals surface area contributed by atoms with Crippen molar-refractivity contribution in [1.29, 1.82) is 0 Å². The maximum absolute atomic E-state index is 12.8. The summed E-state index contributed by atoms with van der Waals surface area (Å²) in [5, 5.41) is 3.74. The summed E-state index contributed by atoms with van der Waals surface area (Å²) in [6.45, 7) is 0. The first kappa shape index (κ1) is 16.1. The third-order valence-corrected chi connectivity index (χ3v) is 4.99. The summed E-state index contributed by atoms with van der Waals surface area (Å²) in [7, 11) is 0. The van der Waals surface area contributed by atoms with Crippen LogP contribution in [0.3, 0.4) is 0 Å². The van der Waals surface area contributed by atoms with Gasteiger partial charge in [-0.25, -0.2) is 4.98 Å². The lowest BCUT2D eigenvalue weighted by atomic mass is 10.1. The molecular formula is C21H16ClN3O2. The van der Waals surface area contributed by atoms with Gasteiger partial charge >= 0.3 is 0 Å². The predicted octanol–water partition coefficient (Wildman–Crippen LogP) is 4.81. The van der Waals surface area contributed by atoms with E-state index in [9.17, 15) is 4.79 Å². The largest absolute Gasteiger partial charge is 0.451 e. The zero-order valence-electron chi connectivity index (χ0n) is 14.4. The lowest BCUT2D eigenvalue weighted by Crippen LogP contribution is -2.25. The second-order valence-corrected chi connectivity index (χ2v) is 7.19. The zero-order chi connectivity index (χ0) is 18.4. The van der Waals surface area contributed by atoms with Gasteiger partial charge in [0.2, 0.25) is 0 Å².